The molecule has 0 bridgehead atoms. The fraction of sp³-hybridized carbons (Fsp3) is 0.562. The number of benzene rings is 1. The zero-order valence-electron chi connectivity index (χ0n) is 11.6. The third kappa shape index (κ3) is 3.72. The molecule has 1 saturated carbocycles. The minimum atomic E-state index is 0.586. The summed E-state index contributed by atoms with van der Waals surface area (Å²) in [6, 6.07) is 8.21. The van der Waals surface area contributed by atoms with Crippen LogP contribution in [0.4, 0.5) is 0 Å². The molecule has 1 aliphatic rings. The smallest absolute Gasteiger partial charge is 0.0992 e. The first-order valence-electron chi connectivity index (χ1n) is 7.02. The normalized spacial score (nSPS) is 26.9. The van der Waals surface area contributed by atoms with E-state index in [-0.39, 0.29) is 0 Å². The lowest BCUT2D eigenvalue weighted by Gasteiger charge is -2.33. The van der Waals surface area contributed by atoms with Crippen LogP contribution in [0.2, 0.25) is 5.02 Å². The summed E-state index contributed by atoms with van der Waals surface area (Å²) in [5.74, 6) is 1.58. The van der Waals surface area contributed by atoms with Crippen molar-refractivity contribution in [3.8, 4) is 6.07 Å². The van der Waals surface area contributed by atoms with E-state index in [9.17, 15) is 0 Å². The molecule has 0 radical (unpaired) electrons. The topological polar surface area (TPSA) is 35.8 Å². The van der Waals surface area contributed by atoms with E-state index in [2.05, 4.69) is 25.2 Å². The molecule has 0 heterocycles. The van der Waals surface area contributed by atoms with Gasteiger partial charge in [-0.3, -0.25) is 0 Å². The molecule has 3 atom stereocenters. The highest BCUT2D eigenvalue weighted by molar-refractivity contribution is 6.31. The molecule has 0 saturated heterocycles. The molecular formula is C16H21ClN2. The van der Waals surface area contributed by atoms with Gasteiger partial charge in [0.2, 0.25) is 0 Å². The molecule has 1 aromatic rings. The Bertz CT molecular complexity index is 478. The largest absolute Gasteiger partial charge is 0.310 e. The number of nitriles is 1. The molecule has 1 fully saturated rings. The second-order valence-electron chi connectivity index (χ2n) is 5.80. The summed E-state index contributed by atoms with van der Waals surface area (Å²) in [6.45, 7) is 5.45. The maximum atomic E-state index is 8.82. The highest BCUT2D eigenvalue weighted by Crippen LogP contribution is 2.29. The van der Waals surface area contributed by atoms with E-state index in [4.69, 9.17) is 16.9 Å². The second kappa shape index (κ2) is 6.41. The average Bonchev–Trinajstić information content (AvgIpc) is 2.39. The Kier molecular flexibility index (Phi) is 4.85. The quantitative estimate of drug-likeness (QED) is 0.901. The molecule has 0 aromatic heterocycles. The van der Waals surface area contributed by atoms with Gasteiger partial charge in [-0.15, -0.1) is 0 Å². The van der Waals surface area contributed by atoms with E-state index in [0.29, 0.717) is 16.6 Å². The van der Waals surface area contributed by atoms with Gasteiger partial charge in [0.05, 0.1) is 11.6 Å². The van der Waals surface area contributed by atoms with E-state index < -0.39 is 0 Å². The van der Waals surface area contributed by atoms with Crippen LogP contribution in [0.3, 0.4) is 0 Å². The first-order valence-corrected chi connectivity index (χ1v) is 7.40. The lowest BCUT2D eigenvalue weighted by atomic mass is 9.80. The number of nitrogens with one attached hydrogen (secondary N) is 1. The Labute approximate surface area is 120 Å². The molecular weight excluding hydrogens is 256 g/mol. The third-order valence-corrected chi connectivity index (χ3v) is 4.52. The van der Waals surface area contributed by atoms with Crippen LogP contribution in [0.5, 0.6) is 0 Å². The van der Waals surface area contributed by atoms with Crippen molar-refractivity contribution in [2.75, 3.05) is 0 Å². The predicted molar refractivity (Wildman–Crippen MR) is 79.0 cm³/mol. The molecule has 0 aliphatic heterocycles. The maximum Gasteiger partial charge on any atom is 0.0992 e. The summed E-state index contributed by atoms with van der Waals surface area (Å²) >= 11 is 6.19. The highest BCUT2D eigenvalue weighted by Gasteiger charge is 2.24. The van der Waals surface area contributed by atoms with Gasteiger partial charge in [0.25, 0.3) is 0 Å². The molecule has 0 spiro atoms. The molecule has 0 amide bonds. The molecule has 2 rings (SSSR count). The predicted octanol–water partition coefficient (Wildman–Crippen LogP) is 4.13. The van der Waals surface area contributed by atoms with Gasteiger partial charge < -0.3 is 5.32 Å². The SMILES string of the molecule is CC1CCC(NCc2ccc(C#N)cc2Cl)C(C)C1. The summed E-state index contributed by atoms with van der Waals surface area (Å²) in [7, 11) is 0. The summed E-state index contributed by atoms with van der Waals surface area (Å²) < 4.78 is 0. The van der Waals surface area contributed by atoms with Crippen molar-refractivity contribution < 1.29 is 0 Å². The van der Waals surface area contributed by atoms with Crippen LogP contribution in [0.15, 0.2) is 18.2 Å². The molecule has 19 heavy (non-hydrogen) atoms. The average molecular weight is 277 g/mol. The van der Waals surface area contributed by atoms with Crippen LogP contribution >= 0.6 is 11.6 Å². The van der Waals surface area contributed by atoms with E-state index in [1.165, 1.54) is 19.3 Å². The highest BCUT2D eigenvalue weighted by atomic mass is 35.5. The van der Waals surface area contributed by atoms with Crippen molar-refractivity contribution in [2.24, 2.45) is 11.8 Å². The van der Waals surface area contributed by atoms with Crippen LogP contribution in [-0.4, -0.2) is 6.04 Å². The second-order valence-corrected chi connectivity index (χ2v) is 6.21. The Balaban J connectivity index is 1.94. The van der Waals surface area contributed by atoms with Crippen molar-refractivity contribution in [2.45, 2.75) is 45.7 Å². The summed E-state index contributed by atoms with van der Waals surface area (Å²) in [4.78, 5) is 0. The van der Waals surface area contributed by atoms with Gasteiger partial charge in [0.15, 0.2) is 0 Å². The summed E-state index contributed by atoms with van der Waals surface area (Å²) in [6.07, 6.45) is 3.86. The first-order chi connectivity index (χ1) is 9.10. The van der Waals surface area contributed by atoms with Crippen LogP contribution in [0.25, 0.3) is 0 Å². The van der Waals surface area contributed by atoms with Gasteiger partial charge in [0, 0.05) is 17.6 Å². The minimum absolute atomic E-state index is 0.586. The lowest BCUT2D eigenvalue weighted by molar-refractivity contribution is 0.227. The lowest BCUT2D eigenvalue weighted by Crippen LogP contribution is -2.38. The van der Waals surface area contributed by atoms with E-state index in [0.717, 1.165) is 23.9 Å². The standard InChI is InChI=1S/C16H21ClN2/c1-11-3-6-16(12(2)7-11)19-10-14-5-4-13(9-18)8-15(14)17/h4-5,8,11-12,16,19H,3,6-7,10H2,1-2H3. The Morgan fingerprint density at radius 2 is 2.16 bits per heavy atom. The molecule has 1 N–H and O–H groups in total. The number of nitrogens with zero attached hydrogens (tertiary/aromatic N) is 1. The monoisotopic (exact) mass is 276 g/mol. The molecule has 1 aromatic carbocycles. The number of hydrogen-bond acceptors (Lipinski definition) is 2. The van der Waals surface area contributed by atoms with Gasteiger partial charge in [0.1, 0.15) is 0 Å². The van der Waals surface area contributed by atoms with Crippen molar-refractivity contribution in [1.29, 1.82) is 5.26 Å². The summed E-state index contributed by atoms with van der Waals surface area (Å²) in [5, 5.41) is 13.1. The number of rotatable bonds is 3. The third-order valence-electron chi connectivity index (χ3n) is 4.17. The van der Waals surface area contributed by atoms with Crippen LogP contribution < -0.4 is 5.32 Å². The number of halogens is 1. The molecule has 3 unspecified atom stereocenters. The Morgan fingerprint density at radius 3 is 2.79 bits per heavy atom. The minimum Gasteiger partial charge on any atom is -0.310 e. The van der Waals surface area contributed by atoms with Gasteiger partial charge in [-0.25, -0.2) is 0 Å². The van der Waals surface area contributed by atoms with Crippen LogP contribution in [0, 0.1) is 23.2 Å². The molecule has 2 nitrogen and oxygen atoms in total. The molecule has 3 heteroatoms. The van der Waals surface area contributed by atoms with Crippen molar-refractivity contribution in [1.82, 2.24) is 5.32 Å². The van der Waals surface area contributed by atoms with E-state index in [1.807, 2.05) is 12.1 Å². The van der Waals surface area contributed by atoms with Crippen molar-refractivity contribution in [3.05, 3.63) is 34.3 Å². The van der Waals surface area contributed by atoms with Crippen LogP contribution in [0.1, 0.15) is 44.2 Å². The Morgan fingerprint density at radius 1 is 1.37 bits per heavy atom. The first kappa shape index (κ1) is 14.4. The fourth-order valence-corrected chi connectivity index (χ4v) is 3.22. The fourth-order valence-electron chi connectivity index (χ4n) is 2.97. The zero-order chi connectivity index (χ0) is 13.8. The number of hydrogen-bond donors (Lipinski definition) is 1. The van der Waals surface area contributed by atoms with Crippen molar-refractivity contribution in [3.63, 3.8) is 0 Å². The van der Waals surface area contributed by atoms with Gasteiger partial charge in [-0.1, -0.05) is 31.5 Å². The zero-order valence-corrected chi connectivity index (χ0v) is 12.4. The molecule has 102 valence electrons. The van der Waals surface area contributed by atoms with E-state index in [1.54, 1.807) is 6.07 Å². The van der Waals surface area contributed by atoms with Gasteiger partial charge in [-0.2, -0.15) is 5.26 Å². The van der Waals surface area contributed by atoms with Gasteiger partial charge in [-0.05, 0) is 48.8 Å². The van der Waals surface area contributed by atoms with Crippen molar-refractivity contribution >= 4 is 11.6 Å². The van der Waals surface area contributed by atoms with E-state index >= 15 is 0 Å². The van der Waals surface area contributed by atoms with Gasteiger partial charge >= 0.3 is 0 Å². The molecule has 1 aliphatic carbocycles. The maximum absolute atomic E-state index is 8.82. The van der Waals surface area contributed by atoms with Crippen LogP contribution in [-0.2, 0) is 6.54 Å². The Hall–Kier alpha value is -1.04. The summed E-state index contributed by atoms with van der Waals surface area (Å²) in [5.41, 5.74) is 1.69.